The molecule has 8 rings (SSSR count). The molecule has 2 amide bonds. The standard InChI is InChI=1S/C49H60N6O7Si/c1-6-61-39-18-21-43-35(29-39)30-42(50-24-9-10-26-56)47(58)55(43)37-13-11-12-34(28-37)31-54-44-15-8-7-14-41(44)49(48(54)59)33(2)46(63(4,5)40-19-16-38(60-3)17-20-40)45(62-49)22-25-53-32-36(23-27-57)51-52-53/h7-8,11-21,28-29,32-33,42,45-46,50,56-57H,6,9-10,22-27,30-31H2,1-5H3/t33-,42?,45+,46-,49+/m0/s1. The number of hydrogen-bond donors (Lipinski definition) is 3. The fourth-order valence-corrected chi connectivity index (χ4v) is 14.4. The predicted molar refractivity (Wildman–Crippen MR) is 246 cm³/mol. The van der Waals surface area contributed by atoms with Crippen LogP contribution in [-0.4, -0.2) is 90.7 Å². The van der Waals surface area contributed by atoms with E-state index in [0.29, 0.717) is 51.1 Å². The van der Waals surface area contributed by atoms with Gasteiger partial charge < -0.3 is 34.6 Å². The number of carbonyl (C=O) groups is 2. The summed E-state index contributed by atoms with van der Waals surface area (Å²) in [5.74, 6) is 1.23. The lowest BCUT2D eigenvalue weighted by atomic mass is 9.82. The van der Waals surface area contributed by atoms with E-state index < -0.39 is 19.7 Å². The number of nitrogens with one attached hydrogen (secondary N) is 1. The summed E-state index contributed by atoms with van der Waals surface area (Å²) in [7, 11) is -0.701. The number of rotatable bonds is 18. The molecule has 63 heavy (non-hydrogen) atoms. The molecule has 1 aromatic heterocycles. The molecule has 332 valence electrons. The molecule has 14 heteroatoms. The first kappa shape index (κ1) is 44.2. The van der Waals surface area contributed by atoms with Gasteiger partial charge in [0.25, 0.3) is 5.91 Å². The van der Waals surface area contributed by atoms with Crippen molar-refractivity contribution in [2.24, 2.45) is 5.92 Å². The third-order valence-electron chi connectivity index (χ3n) is 13.4. The van der Waals surface area contributed by atoms with Crippen LogP contribution in [0.4, 0.5) is 17.1 Å². The zero-order valence-corrected chi connectivity index (χ0v) is 38.0. The summed E-state index contributed by atoms with van der Waals surface area (Å²) in [6.07, 6.45) is 4.60. The van der Waals surface area contributed by atoms with Crippen LogP contribution in [-0.2, 0) is 45.9 Å². The topological polar surface area (TPSA) is 152 Å². The van der Waals surface area contributed by atoms with E-state index in [1.54, 1.807) is 12.0 Å². The minimum atomic E-state index is -2.38. The summed E-state index contributed by atoms with van der Waals surface area (Å²) in [4.78, 5) is 33.5. The number of fused-ring (bicyclic) bond motifs is 3. The SMILES string of the molecule is CCOc1ccc2c(c1)CC(NCCCCO)C(=O)N2c1cccc(CN2C(=O)[C@]3(O[C@H](CCn4cc(CCO)nn4)[C@@H]([Si](C)(C)c4ccc(OC)cc4)[C@@H]3C)c3ccccc32)c1. The quantitative estimate of drug-likeness (QED) is 0.0704. The lowest BCUT2D eigenvalue weighted by Gasteiger charge is -2.37. The van der Waals surface area contributed by atoms with Crippen LogP contribution in [0, 0.1) is 5.92 Å². The normalized spacial score (nSPS) is 21.9. The smallest absolute Gasteiger partial charge is 0.264 e. The Morgan fingerprint density at radius 2 is 1.73 bits per heavy atom. The van der Waals surface area contributed by atoms with Crippen LogP contribution >= 0.6 is 0 Å². The first-order chi connectivity index (χ1) is 30.5. The molecule has 4 aromatic carbocycles. The number of unbranched alkanes of at least 4 members (excludes halogenated alkanes) is 1. The van der Waals surface area contributed by atoms with Crippen molar-refractivity contribution in [1.29, 1.82) is 0 Å². The van der Waals surface area contributed by atoms with Crippen LogP contribution < -0.4 is 29.8 Å². The van der Waals surface area contributed by atoms with Gasteiger partial charge in [0.2, 0.25) is 5.91 Å². The number of carbonyl (C=O) groups excluding carboxylic acids is 2. The number of amides is 2. The summed E-state index contributed by atoms with van der Waals surface area (Å²) < 4.78 is 20.6. The molecule has 5 atom stereocenters. The van der Waals surface area contributed by atoms with E-state index in [0.717, 1.165) is 51.7 Å². The number of aliphatic hydroxyl groups excluding tert-OH is 2. The van der Waals surface area contributed by atoms with E-state index in [-0.39, 0.29) is 49.1 Å². The van der Waals surface area contributed by atoms with E-state index >= 15 is 4.79 Å². The predicted octanol–water partition coefficient (Wildman–Crippen LogP) is 6.02. The summed E-state index contributed by atoms with van der Waals surface area (Å²) in [6, 6.07) is 29.7. The number of anilines is 3. The van der Waals surface area contributed by atoms with Crippen molar-refractivity contribution >= 4 is 42.1 Å². The molecule has 4 heterocycles. The highest BCUT2D eigenvalue weighted by Crippen LogP contribution is 2.60. The zero-order valence-electron chi connectivity index (χ0n) is 37.0. The Labute approximate surface area is 371 Å². The van der Waals surface area contributed by atoms with E-state index in [4.69, 9.17) is 14.2 Å². The van der Waals surface area contributed by atoms with Gasteiger partial charge in [0.1, 0.15) is 11.5 Å². The molecular weight excluding hydrogens is 813 g/mol. The lowest BCUT2D eigenvalue weighted by Crippen LogP contribution is -2.51. The second kappa shape index (κ2) is 18.8. The van der Waals surface area contributed by atoms with Crippen LogP contribution in [0.2, 0.25) is 18.6 Å². The number of aryl methyl sites for hydroxylation is 1. The lowest BCUT2D eigenvalue weighted by molar-refractivity contribution is -0.146. The molecule has 1 unspecified atom stereocenters. The largest absolute Gasteiger partial charge is 0.497 e. The van der Waals surface area contributed by atoms with Crippen LogP contribution in [0.1, 0.15) is 55.5 Å². The van der Waals surface area contributed by atoms with E-state index in [9.17, 15) is 15.0 Å². The van der Waals surface area contributed by atoms with E-state index in [1.165, 1.54) is 5.19 Å². The fraction of sp³-hybridized carbons (Fsp3) is 0.429. The molecule has 1 spiro atoms. The maximum Gasteiger partial charge on any atom is 0.264 e. The minimum Gasteiger partial charge on any atom is -0.497 e. The van der Waals surface area contributed by atoms with Crippen molar-refractivity contribution in [3.63, 3.8) is 0 Å². The maximum atomic E-state index is 15.5. The Morgan fingerprint density at radius 1 is 0.937 bits per heavy atom. The molecule has 3 aliphatic heterocycles. The van der Waals surface area contributed by atoms with Gasteiger partial charge in [0, 0.05) is 49.5 Å². The van der Waals surface area contributed by atoms with E-state index in [1.807, 2.05) is 102 Å². The van der Waals surface area contributed by atoms with Gasteiger partial charge in [-0.25, -0.2) is 0 Å². The fourth-order valence-electron chi connectivity index (χ4n) is 10.3. The molecule has 5 aromatic rings. The number of methoxy groups -OCH3 is 1. The molecule has 0 aliphatic carbocycles. The Bertz CT molecular complexity index is 2410. The number of ether oxygens (including phenoxy) is 3. The number of aliphatic hydroxyl groups is 2. The molecule has 13 nitrogen and oxygen atoms in total. The first-order valence-corrected chi connectivity index (χ1v) is 25.4. The van der Waals surface area contributed by atoms with Crippen LogP contribution in [0.15, 0.2) is 97.2 Å². The van der Waals surface area contributed by atoms with Gasteiger partial charge in [-0.15, -0.1) is 5.10 Å². The summed E-state index contributed by atoms with van der Waals surface area (Å²) in [6.45, 7) is 11.0. The molecule has 0 saturated carbocycles. The van der Waals surface area contributed by atoms with Gasteiger partial charge in [0.15, 0.2) is 5.60 Å². The number of aromatic nitrogens is 3. The van der Waals surface area contributed by atoms with Gasteiger partial charge in [-0.05, 0) is 104 Å². The zero-order chi connectivity index (χ0) is 44.3. The molecule has 0 bridgehead atoms. The minimum absolute atomic E-state index is 0.00124. The summed E-state index contributed by atoms with van der Waals surface area (Å²) >= 11 is 0. The number of nitrogens with zero attached hydrogens (tertiary/aromatic N) is 5. The number of hydrogen-bond acceptors (Lipinski definition) is 10. The second-order valence-electron chi connectivity index (χ2n) is 17.5. The maximum absolute atomic E-state index is 15.5. The van der Waals surface area contributed by atoms with Gasteiger partial charge in [-0.2, -0.15) is 0 Å². The molecular formula is C49H60N6O7Si. The Kier molecular flexibility index (Phi) is 13.2. The van der Waals surface area contributed by atoms with Crippen molar-refractivity contribution in [3.8, 4) is 11.5 Å². The molecule has 3 aliphatic rings. The van der Waals surface area contributed by atoms with Crippen molar-refractivity contribution in [2.75, 3.05) is 43.3 Å². The van der Waals surface area contributed by atoms with Crippen molar-refractivity contribution in [2.45, 2.75) is 95.4 Å². The van der Waals surface area contributed by atoms with Crippen LogP contribution in [0.25, 0.3) is 0 Å². The summed E-state index contributed by atoms with van der Waals surface area (Å²) in [5.41, 5.74) is 4.65. The van der Waals surface area contributed by atoms with Gasteiger partial charge in [-0.1, -0.05) is 72.9 Å². The average molecular weight is 873 g/mol. The summed E-state index contributed by atoms with van der Waals surface area (Å²) in [5, 5.41) is 32.2. The van der Waals surface area contributed by atoms with Crippen molar-refractivity contribution in [1.82, 2.24) is 20.3 Å². The third-order valence-corrected chi connectivity index (χ3v) is 17.7. The van der Waals surface area contributed by atoms with Crippen LogP contribution in [0.5, 0.6) is 11.5 Å². The first-order valence-electron chi connectivity index (χ1n) is 22.3. The number of para-hydroxylation sites is 1. The molecule has 0 radical (unpaired) electrons. The van der Waals surface area contributed by atoms with Crippen molar-refractivity contribution < 1.29 is 34.0 Å². The van der Waals surface area contributed by atoms with Gasteiger partial charge >= 0.3 is 0 Å². The average Bonchev–Trinajstić information content (AvgIpc) is 3.94. The van der Waals surface area contributed by atoms with E-state index in [2.05, 4.69) is 47.8 Å². The molecule has 1 saturated heterocycles. The Morgan fingerprint density at radius 3 is 2.49 bits per heavy atom. The third kappa shape index (κ3) is 8.42. The highest BCUT2D eigenvalue weighted by atomic mass is 28.3. The monoisotopic (exact) mass is 872 g/mol. The van der Waals surface area contributed by atoms with Crippen molar-refractivity contribution in [3.05, 3.63) is 120 Å². The molecule has 3 N–H and O–H groups in total. The Hall–Kier alpha value is -5.38. The Balaban J connectivity index is 1.12. The second-order valence-corrected chi connectivity index (χ2v) is 22.2. The van der Waals surface area contributed by atoms with Gasteiger partial charge in [0.05, 0.1) is 57.5 Å². The highest BCUT2D eigenvalue weighted by molar-refractivity contribution is 6.91. The van der Waals surface area contributed by atoms with Crippen LogP contribution in [0.3, 0.4) is 0 Å². The van der Waals surface area contributed by atoms with Gasteiger partial charge in [-0.3, -0.25) is 19.2 Å². The highest BCUT2D eigenvalue weighted by Gasteiger charge is 2.66. The molecule has 1 fully saturated rings. The number of benzene rings is 4.